The van der Waals surface area contributed by atoms with Crippen LogP contribution in [0.1, 0.15) is 34.2 Å². The molecule has 3 nitrogen and oxygen atoms in total. The van der Waals surface area contributed by atoms with Crippen molar-refractivity contribution in [3.05, 3.63) is 107 Å². The Hall–Kier alpha value is -3.55. The van der Waals surface area contributed by atoms with Gasteiger partial charge in [-0.3, -0.25) is 0 Å². The molecule has 0 aliphatic carbocycles. The maximum atomic E-state index is 13.1. The van der Waals surface area contributed by atoms with E-state index in [4.69, 9.17) is 6.42 Å². The summed E-state index contributed by atoms with van der Waals surface area (Å²) in [6.45, 7) is 1.52. The van der Waals surface area contributed by atoms with E-state index in [9.17, 15) is 34.8 Å². The minimum Gasteiger partial charge on any atom is -0.207 e. The van der Waals surface area contributed by atoms with Crippen LogP contribution in [0.2, 0.25) is 0 Å². The van der Waals surface area contributed by atoms with Gasteiger partial charge in [-0.1, -0.05) is 54.0 Å². The first-order chi connectivity index (χ1) is 17.7. The zero-order valence-corrected chi connectivity index (χ0v) is 21.0. The minimum absolute atomic E-state index is 0.0491. The fraction of sp³-hybridized carbons (Fsp3) is 0.214. The van der Waals surface area contributed by atoms with Crippen LogP contribution in [0.25, 0.3) is 5.57 Å². The summed E-state index contributed by atoms with van der Waals surface area (Å²) in [4.78, 5) is 0.0491. The van der Waals surface area contributed by atoms with E-state index < -0.39 is 33.5 Å². The number of terminal acetylenes is 1. The summed E-state index contributed by atoms with van der Waals surface area (Å²) < 4.78 is 106. The summed E-state index contributed by atoms with van der Waals surface area (Å²) in [6, 6.07) is 14.6. The zero-order chi connectivity index (χ0) is 28.1. The van der Waals surface area contributed by atoms with Crippen molar-refractivity contribution >= 4 is 15.6 Å². The van der Waals surface area contributed by atoms with Crippen molar-refractivity contribution in [1.29, 1.82) is 0 Å². The van der Waals surface area contributed by atoms with Crippen molar-refractivity contribution in [3.8, 4) is 12.3 Å². The van der Waals surface area contributed by atoms with Crippen molar-refractivity contribution in [2.45, 2.75) is 30.6 Å². The lowest BCUT2D eigenvalue weighted by molar-refractivity contribution is -0.138. The van der Waals surface area contributed by atoms with Crippen LogP contribution in [0.4, 0.5) is 26.3 Å². The number of benzene rings is 3. The van der Waals surface area contributed by atoms with Gasteiger partial charge in [0.1, 0.15) is 0 Å². The molecule has 0 aromatic heterocycles. The van der Waals surface area contributed by atoms with E-state index in [-0.39, 0.29) is 24.4 Å². The number of hydrogen-bond acceptors (Lipinski definition) is 2. The van der Waals surface area contributed by atoms with E-state index in [1.54, 1.807) is 18.2 Å². The molecule has 3 rings (SSSR count). The zero-order valence-electron chi connectivity index (χ0n) is 20.1. The van der Waals surface area contributed by atoms with Crippen LogP contribution >= 0.6 is 0 Å². The van der Waals surface area contributed by atoms with Gasteiger partial charge in [0.05, 0.1) is 22.6 Å². The van der Waals surface area contributed by atoms with Crippen molar-refractivity contribution in [2.24, 2.45) is 0 Å². The van der Waals surface area contributed by atoms with E-state index in [2.05, 4.69) is 5.92 Å². The lowest BCUT2D eigenvalue weighted by atomic mass is 9.95. The number of rotatable bonds is 8. The third-order valence-electron chi connectivity index (χ3n) is 5.70. The molecule has 0 atom stereocenters. The predicted octanol–water partition coefficient (Wildman–Crippen LogP) is 7.18. The van der Waals surface area contributed by atoms with Crippen LogP contribution in [-0.2, 0) is 22.4 Å². The average molecular weight is 552 g/mol. The molecule has 0 fully saturated rings. The standard InChI is InChI=1S/C28H23F6NO2S/c1-3-18-35(38(36,37)25-16-6-20(2)7-17-25)19-4-5-26(21-8-12-23(13-9-21)27(29,30)31)22-10-14-24(15-11-22)28(32,33)34/h1,5-17H,4,18-19H2,2H3. The topological polar surface area (TPSA) is 37.4 Å². The Morgan fingerprint density at radius 3 is 1.66 bits per heavy atom. The normalized spacial score (nSPS) is 12.3. The molecule has 0 heterocycles. The maximum Gasteiger partial charge on any atom is 0.416 e. The molecule has 0 bridgehead atoms. The second-order valence-electron chi connectivity index (χ2n) is 8.41. The van der Waals surface area contributed by atoms with Gasteiger partial charge in [0.2, 0.25) is 10.0 Å². The predicted molar refractivity (Wildman–Crippen MR) is 133 cm³/mol. The lowest BCUT2D eigenvalue weighted by Crippen LogP contribution is -2.32. The molecule has 10 heteroatoms. The van der Waals surface area contributed by atoms with Crippen LogP contribution < -0.4 is 0 Å². The fourth-order valence-electron chi connectivity index (χ4n) is 3.68. The quantitative estimate of drug-likeness (QED) is 0.220. The molecule has 0 aliphatic rings. The van der Waals surface area contributed by atoms with Gasteiger partial charge in [-0.25, -0.2) is 8.42 Å². The monoisotopic (exact) mass is 551 g/mol. The molecule has 0 radical (unpaired) electrons. The van der Waals surface area contributed by atoms with Crippen LogP contribution in [0.15, 0.2) is 83.8 Å². The number of halogens is 6. The molecule has 0 saturated heterocycles. The Morgan fingerprint density at radius 2 is 1.26 bits per heavy atom. The van der Waals surface area contributed by atoms with Gasteiger partial charge in [0.25, 0.3) is 0 Å². The summed E-state index contributed by atoms with van der Waals surface area (Å²) in [5, 5.41) is 0. The molecule has 0 N–H and O–H groups in total. The first kappa shape index (κ1) is 29.0. The second-order valence-corrected chi connectivity index (χ2v) is 10.4. The summed E-state index contributed by atoms with van der Waals surface area (Å²) in [7, 11) is -3.94. The van der Waals surface area contributed by atoms with E-state index in [0.717, 1.165) is 34.1 Å². The van der Waals surface area contributed by atoms with Crippen molar-refractivity contribution in [3.63, 3.8) is 0 Å². The van der Waals surface area contributed by atoms with Gasteiger partial charge in [-0.2, -0.15) is 30.6 Å². The minimum atomic E-state index is -4.56. The molecular weight excluding hydrogens is 528 g/mol. The molecule has 0 unspecified atom stereocenters. The molecule has 0 saturated carbocycles. The van der Waals surface area contributed by atoms with Crippen molar-refractivity contribution in [1.82, 2.24) is 4.31 Å². The van der Waals surface area contributed by atoms with Gasteiger partial charge in [0, 0.05) is 6.54 Å². The first-order valence-corrected chi connectivity index (χ1v) is 12.7. The number of alkyl halides is 6. The highest BCUT2D eigenvalue weighted by atomic mass is 32.2. The lowest BCUT2D eigenvalue weighted by Gasteiger charge is -2.20. The largest absolute Gasteiger partial charge is 0.416 e. The van der Waals surface area contributed by atoms with Crippen molar-refractivity contribution in [2.75, 3.05) is 13.1 Å². The van der Waals surface area contributed by atoms with Gasteiger partial charge < -0.3 is 0 Å². The Kier molecular flexibility index (Phi) is 8.75. The molecule has 3 aromatic rings. The summed E-state index contributed by atoms with van der Waals surface area (Å²) in [6.07, 6.45) is -2.08. The molecular formula is C28H23F6NO2S. The Morgan fingerprint density at radius 1 is 0.816 bits per heavy atom. The number of nitrogens with zero attached hydrogens (tertiary/aromatic N) is 1. The third-order valence-corrected chi connectivity index (χ3v) is 7.56. The summed E-state index contributed by atoms with van der Waals surface area (Å²) in [5.41, 5.74) is 0.106. The number of sulfonamides is 1. The van der Waals surface area contributed by atoms with Crippen LogP contribution in [0, 0.1) is 19.3 Å². The highest BCUT2D eigenvalue weighted by Crippen LogP contribution is 2.34. The summed E-state index contributed by atoms with van der Waals surface area (Å²) >= 11 is 0. The van der Waals surface area contributed by atoms with E-state index in [1.165, 1.54) is 36.4 Å². The fourth-order valence-corrected chi connectivity index (χ4v) is 5.05. The van der Waals surface area contributed by atoms with Crippen molar-refractivity contribution < 1.29 is 34.8 Å². The van der Waals surface area contributed by atoms with Crippen LogP contribution in [0.5, 0.6) is 0 Å². The SMILES string of the molecule is C#CCN(CCC=C(c1ccc(C(F)(F)F)cc1)c1ccc(C(F)(F)F)cc1)S(=O)(=O)c1ccc(C)cc1. The van der Waals surface area contributed by atoms with Gasteiger partial charge in [-0.05, 0) is 66.4 Å². The average Bonchev–Trinajstić information content (AvgIpc) is 2.85. The smallest absolute Gasteiger partial charge is 0.207 e. The van der Waals surface area contributed by atoms with Crippen LogP contribution in [0.3, 0.4) is 0 Å². The van der Waals surface area contributed by atoms with E-state index in [0.29, 0.717) is 16.7 Å². The molecule has 0 spiro atoms. The van der Waals surface area contributed by atoms with Crippen LogP contribution in [-0.4, -0.2) is 25.8 Å². The molecule has 38 heavy (non-hydrogen) atoms. The van der Waals surface area contributed by atoms with Gasteiger partial charge in [0.15, 0.2) is 0 Å². The Labute approximate surface area is 217 Å². The second kappa shape index (κ2) is 11.5. The summed E-state index contributed by atoms with van der Waals surface area (Å²) in [5.74, 6) is 2.31. The van der Waals surface area contributed by atoms with E-state index in [1.807, 2.05) is 6.92 Å². The Bertz CT molecular complexity index is 1360. The first-order valence-electron chi connectivity index (χ1n) is 11.3. The molecule has 0 aliphatic heterocycles. The molecule has 3 aromatic carbocycles. The molecule has 0 amide bonds. The van der Waals surface area contributed by atoms with Gasteiger partial charge >= 0.3 is 12.4 Å². The number of hydrogen-bond donors (Lipinski definition) is 0. The maximum absolute atomic E-state index is 13.1. The highest BCUT2D eigenvalue weighted by Gasteiger charge is 2.31. The number of aryl methyl sites for hydroxylation is 1. The van der Waals surface area contributed by atoms with Gasteiger partial charge in [-0.15, -0.1) is 6.42 Å². The highest BCUT2D eigenvalue weighted by molar-refractivity contribution is 7.89. The van der Waals surface area contributed by atoms with E-state index >= 15 is 0 Å². The third kappa shape index (κ3) is 7.05. The molecule has 200 valence electrons. The Balaban J connectivity index is 1.96.